The Morgan fingerprint density at radius 1 is 0.825 bits per heavy atom. The lowest BCUT2D eigenvalue weighted by molar-refractivity contribution is 0.383. The van der Waals surface area contributed by atoms with Gasteiger partial charge < -0.3 is 9.64 Å². The van der Waals surface area contributed by atoms with Crippen LogP contribution in [0.5, 0.6) is 5.75 Å². The maximum Gasteiger partial charge on any atom is 0.243 e. The Labute approximate surface area is 233 Å². The van der Waals surface area contributed by atoms with Gasteiger partial charge in [0.1, 0.15) is 17.4 Å². The van der Waals surface area contributed by atoms with Crippen LogP contribution in [-0.2, 0) is 16.4 Å². The number of ether oxygens (including phenoxy) is 1. The Hall–Kier alpha value is -4.28. The van der Waals surface area contributed by atoms with Crippen molar-refractivity contribution in [3.8, 4) is 11.4 Å². The summed E-state index contributed by atoms with van der Waals surface area (Å²) in [6.45, 7) is 3.67. The first-order valence-electron chi connectivity index (χ1n) is 13.2. The van der Waals surface area contributed by atoms with Gasteiger partial charge in [-0.05, 0) is 48.9 Å². The Bertz CT molecular complexity index is 1730. The van der Waals surface area contributed by atoms with E-state index in [0.29, 0.717) is 44.2 Å². The standard InChI is InChI=1S/C30H30N6O3S/c1-22-28-29(34-17-19-35(20-18-34)40(37,38)26-15-13-25(39-2)14-16-26)31-27(21-23-9-5-3-6-10-23)32-30(28)36(33-22)24-11-7-4-8-12-24/h3-16H,17-21H2,1-2H3. The average Bonchev–Trinajstić information content (AvgIpc) is 3.34. The number of hydrogen-bond acceptors (Lipinski definition) is 7. The highest BCUT2D eigenvalue weighted by Crippen LogP contribution is 2.31. The third-order valence-corrected chi connectivity index (χ3v) is 9.08. The summed E-state index contributed by atoms with van der Waals surface area (Å²) in [7, 11) is -2.06. The number of aromatic nitrogens is 4. The van der Waals surface area contributed by atoms with Crippen LogP contribution < -0.4 is 9.64 Å². The predicted molar refractivity (Wildman–Crippen MR) is 155 cm³/mol. The Kier molecular flexibility index (Phi) is 6.95. The summed E-state index contributed by atoms with van der Waals surface area (Å²) in [4.78, 5) is 12.4. The molecule has 3 aromatic carbocycles. The minimum Gasteiger partial charge on any atom is -0.497 e. The molecule has 0 radical (unpaired) electrons. The van der Waals surface area contributed by atoms with E-state index >= 15 is 0 Å². The highest BCUT2D eigenvalue weighted by atomic mass is 32.2. The summed E-state index contributed by atoms with van der Waals surface area (Å²) in [6.07, 6.45) is 0.578. The molecule has 0 saturated carbocycles. The van der Waals surface area contributed by atoms with E-state index < -0.39 is 10.0 Å². The van der Waals surface area contributed by atoms with Gasteiger partial charge in [0.05, 0.1) is 28.8 Å². The molecule has 6 rings (SSSR count). The molecule has 204 valence electrons. The second-order valence-electron chi connectivity index (χ2n) is 9.72. The number of hydrogen-bond donors (Lipinski definition) is 0. The summed E-state index contributed by atoms with van der Waals surface area (Å²) >= 11 is 0. The fourth-order valence-electron chi connectivity index (χ4n) is 5.08. The number of methoxy groups -OCH3 is 1. The van der Waals surface area contributed by atoms with Crippen LogP contribution in [0.2, 0.25) is 0 Å². The number of benzene rings is 3. The average molecular weight is 555 g/mol. The molecular weight excluding hydrogens is 524 g/mol. The molecule has 40 heavy (non-hydrogen) atoms. The molecule has 10 heteroatoms. The molecule has 2 aromatic heterocycles. The minimum atomic E-state index is -3.62. The quantitative estimate of drug-likeness (QED) is 0.297. The second-order valence-corrected chi connectivity index (χ2v) is 11.7. The van der Waals surface area contributed by atoms with Gasteiger partial charge in [0, 0.05) is 32.6 Å². The number of anilines is 1. The molecule has 1 aliphatic rings. The van der Waals surface area contributed by atoms with E-state index in [1.807, 2.05) is 60.1 Å². The van der Waals surface area contributed by atoms with Crippen molar-refractivity contribution < 1.29 is 13.2 Å². The van der Waals surface area contributed by atoms with Crippen LogP contribution >= 0.6 is 0 Å². The molecule has 0 unspecified atom stereocenters. The van der Waals surface area contributed by atoms with Crippen molar-refractivity contribution in [3.63, 3.8) is 0 Å². The molecule has 9 nitrogen and oxygen atoms in total. The first-order chi connectivity index (χ1) is 19.4. The zero-order chi connectivity index (χ0) is 27.7. The number of sulfonamides is 1. The van der Waals surface area contributed by atoms with Crippen molar-refractivity contribution in [2.24, 2.45) is 0 Å². The lowest BCUT2D eigenvalue weighted by Crippen LogP contribution is -2.49. The zero-order valence-electron chi connectivity index (χ0n) is 22.4. The van der Waals surface area contributed by atoms with Gasteiger partial charge in [-0.1, -0.05) is 48.5 Å². The monoisotopic (exact) mass is 554 g/mol. The molecule has 3 heterocycles. The zero-order valence-corrected chi connectivity index (χ0v) is 23.3. The number of rotatable bonds is 7. The fraction of sp³-hybridized carbons (Fsp3) is 0.233. The molecule has 0 aliphatic carbocycles. The van der Waals surface area contributed by atoms with Crippen LogP contribution in [0.4, 0.5) is 5.82 Å². The number of para-hydroxylation sites is 1. The third kappa shape index (κ3) is 4.91. The first kappa shape index (κ1) is 26.0. The SMILES string of the molecule is COc1ccc(S(=O)(=O)N2CCN(c3nc(Cc4ccccc4)nc4c3c(C)nn4-c3ccccc3)CC2)cc1. The summed E-state index contributed by atoms with van der Waals surface area (Å²) in [6, 6.07) is 26.6. The normalized spacial score (nSPS) is 14.5. The lowest BCUT2D eigenvalue weighted by Gasteiger charge is -2.35. The van der Waals surface area contributed by atoms with E-state index in [9.17, 15) is 8.42 Å². The maximum atomic E-state index is 13.3. The van der Waals surface area contributed by atoms with Crippen LogP contribution in [0.15, 0.2) is 89.8 Å². The van der Waals surface area contributed by atoms with Crippen LogP contribution in [0, 0.1) is 6.92 Å². The number of fused-ring (bicyclic) bond motifs is 1. The van der Waals surface area contributed by atoms with Gasteiger partial charge in [-0.2, -0.15) is 9.40 Å². The smallest absolute Gasteiger partial charge is 0.243 e. The topological polar surface area (TPSA) is 93.5 Å². The Balaban J connectivity index is 1.35. The molecule has 1 saturated heterocycles. The van der Waals surface area contributed by atoms with Gasteiger partial charge in [0.2, 0.25) is 10.0 Å². The molecule has 0 amide bonds. The van der Waals surface area contributed by atoms with Gasteiger partial charge in [0.15, 0.2) is 5.65 Å². The van der Waals surface area contributed by atoms with Gasteiger partial charge in [0.25, 0.3) is 0 Å². The van der Waals surface area contributed by atoms with Crippen LogP contribution in [0.25, 0.3) is 16.7 Å². The van der Waals surface area contributed by atoms with Crippen LogP contribution in [0.1, 0.15) is 17.1 Å². The van der Waals surface area contributed by atoms with E-state index in [2.05, 4.69) is 17.0 Å². The van der Waals surface area contributed by atoms with E-state index in [1.54, 1.807) is 31.4 Å². The van der Waals surface area contributed by atoms with Crippen LogP contribution in [0.3, 0.4) is 0 Å². The highest BCUT2D eigenvalue weighted by molar-refractivity contribution is 7.89. The molecule has 5 aromatic rings. The van der Waals surface area contributed by atoms with Crippen molar-refractivity contribution in [1.82, 2.24) is 24.1 Å². The van der Waals surface area contributed by atoms with E-state index in [1.165, 1.54) is 4.31 Å². The van der Waals surface area contributed by atoms with Crippen molar-refractivity contribution in [2.75, 3.05) is 38.2 Å². The molecule has 0 bridgehead atoms. The van der Waals surface area contributed by atoms with Crippen molar-refractivity contribution in [2.45, 2.75) is 18.2 Å². The first-order valence-corrected chi connectivity index (χ1v) is 14.6. The van der Waals surface area contributed by atoms with Crippen molar-refractivity contribution >= 4 is 26.9 Å². The summed E-state index contributed by atoms with van der Waals surface area (Å²) < 4.78 is 35.3. The van der Waals surface area contributed by atoms with Gasteiger partial charge in [-0.25, -0.2) is 23.1 Å². The summed E-state index contributed by atoms with van der Waals surface area (Å²) in [5.74, 6) is 2.10. The largest absolute Gasteiger partial charge is 0.497 e. The van der Waals surface area contributed by atoms with E-state index in [0.717, 1.165) is 33.8 Å². The minimum absolute atomic E-state index is 0.260. The second kappa shape index (κ2) is 10.7. The fourth-order valence-corrected chi connectivity index (χ4v) is 6.50. The maximum absolute atomic E-state index is 13.3. The number of nitrogens with zero attached hydrogens (tertiary/aromatic N) is 6. The van der Waals surface area contributed by atoms with Crippen LogP contribution in [-0.4, -0.2) is 65.8 Å². The van der Waals surface area contributed by atoms with Gasteiger partial charge in [-0.15, -0.1) is 0 Å². The molecule has 1 aliphatic heterocycles. The molecule has 0 N–H and O–H groups in total. The van der Waals surface area contributed by atoms with Crippen molar-refractivity contribution in [3.05, 3.63) is 102 Å². The van der Waals surface area contributed by atoms with Gasteiger partial charge in [-0.3, -0.25) is 0 Å². The number of piperazine rings is 1. The van der Waals surface area contributed by atoms with Crippen molar-refractivity contribution in [1.29, 1.82) is 0 Å². The predicted octanol–water partition coefficient (Wildman–Crippen LogP) is 4.23. The van der Waals surface area contributed by atoms with E-state index in [-0.39, 0.29) is 4.90 Å². The molecule has 1 fully saturated rings. The highest BCUT2D eigenvalue weighted by Gasteiger charge is 2.31. The summed E-state index contributed by atoms with van der Waals surface area (Å²) in [5.41, 5.74) is 3.61. The molecule has 0 spiro atoms. The third-order valence-electron chi connectivity index (χ3n) is 7.17. The molecule has 0 atom stereocenters. The number of aryl methyl sites for hydroxylation is 1. The van der Waals surface area contributed by atoms with E-state index in [4.69, 9.17) is 19.8 Å². The lowest BCUT2D eigenvalue weighted by atomic mass is 10.1. The Morgan fingerprint density at radius 3 is 2.12 bits per heavy atom. The Morgan fingerprint density at radius 2 is 1.48 bits per heavy atom. The van der Waals surface area contributed by atoms with Gasteiger partial charge >= 0.3 is 0 Å². The molecular formula is C30H30N6O3S. The summed E-state index contributed by atoms with van der Waals surface area (Å²) in [5, 5.41) is 5.72.